The highest BCUT2D eigenvalue weighted by molar-refractivity contribution is 5.81. The average Bonchev–Trinajstić information content (AvgIpc) is 2.29. The monoisotopic (exact) mass is 141 g/mol. The third kappa shape index (κ3) is 0.440. The molecule has 2 atom stereocenters. The van der Waals surface area contributed by atoms with Gasteiger partial charge < -0.3 is 10.4 Å². The van der Waals surface area contributed by atoms with E-state index in [1.807, 2.05) is 6.92 Å². The summed E-state index contributed by atoms with van der Waals surface area (Å²) in [5.74, 6) is -0.625. The zero-order valence-electron chi connectivity index (χ0n) is 5.98. The van der Waals surface area contributed by atoms with Crippen LogP contribution in [0.25, 0.3) is 0 Å². The Morgan fingerprint density at radius 3 is 2.50 bits per heavy atom. The molecular formula is C7H11NO2. The molecule has 2 fully saturated rings. The molecule has 56 valence electrons. The maximum atomic E-state index is 10.7. The van der Waals surface area contributed by atoms with Crippen LogP contribution in [0.2, 0.25) is 0 Å². The molecule has 1 heterocycles. The Balaban J connectivity index is 2.28. The number of hydrogen-bond acceptors (Lipinski definition) is 2. The summed E-state index contributed by atoms with van der Waals surface area (Å²) in [6, 6.07) is 0. The van der Waals surface area contributed by atoms with Crippen molar-refractivity contribution in [3.63, 3.8) is 0 Å². The average molecular weight is 141 g/mol. The minimum absolute atomic E-state index is 0.0683. The van der Waals surface area contributed by atoms with E-state index in [4.69, 9.17) is 5.11 Å². The van der Waals surface area contributed by atoms with Crippen LogP contribution in [0.5, 0.6) is 0 Å². The summed E-state index contributed by atoms with van der Waals surface area (Å²) >= 11 is 0. The van der Waals surface area contributed by atoms with Crippen molar-refractivity contribution in [2.45, 2.75) is 13.3 Å². The standard InChI is InChI=1S/C7H11NO2/c1-6-2-7(6,5(9)10)4-8-3-6/h8H,2-4H2,1H3,(H,9,10)/t6-,7+/m1/s1. The molecule has 1 aliphatic carbocycles. The molecule has 0 aromatic heterocycles. The van der Waals surface area contributed by atoms with Crippen LogP contribution in [0, 0.1) is 10.8 Å². The first-order chi connectivity index (χ1) is 4.61. The molecule has 0 radical (unpaired) electrons. The fourth-order valence-electron chi connectivity index (χ4n) is 2.09. The fraction of sp³-hybridized carbons (Fsp3) is 0.857. The fourth-order valence-corrected chi connectivity index (χ4v) is 2.09. The van der Waals surface area contributed by atoms with Crippen LogP contribution in [0.1, 0.15) is 13.3 Å². The number of piperidine rings is 1. The van der Waals surface area contributed by atoms with Gasteiger partial charge in [0.25, 0.3) is 0 Å². The molecule has 1 aliphatic heterocycles. The lowest BCUT2D eigenvalue weighted by Crippen LogP contribution is -2.23. The molecule has 0 aromatic carbocycles. The first-order valence-electron chi connectivity index (χ1n) is 3.55. The van der Waals surface area contributed by atoms with Crippen LogP contribution in [0.4, 0.5) is 0 Å². The van der Waals surface area contributed by atoms with Gasteiger partial charge in [0.05, 0.1) is 5.41 Å². The Morgan fingerprint density at radius 1 is 1.60 bits per heavy atom. The van der Waals surface area contributed by atoms with Crippen LogP contribution in [-0.2, 0) is 4.79 Å². The zero-order chi connectivity index (χ0) is 7.41. The van der Waals surface area contributed by atoms with Crippen molar-refractivity contribution in [3.05, 3.63) is 0 Å². The summed E-state index contributed by atoms with van der Waals surface area (Å²) in [6.45, 7) is 3.58. The lowest BCUT2D eigenvalue weighted by atomic mass is 9.99. The lowest BCUT2D eigenvalue weighted by molar-refractivity contribution is -0.143. The smallest absolute Gasteiger partial charge is 0.311 e. The third-order valence-corrected chi connectivity index (χ3v) is 3.07. The van der Waals surface area contributed by atoms with Crippen molar-refractivity contribution >= 4 is 5.97 Å². The Hall–Kier alpha value is -0.570. The number of aliphatic carboxylic acids is 1. The summed E-state index contributed by atoms with van der Waals surface area (Å²) < 4.78 is 0. The van der Waals surface area contributed by atoms with E-state index in [1.54, 1.807) is 0 Å². The molecule has 3 nitrogen and oxygen atoms in total. The molecule has 10 heavy (non-hydrogen) atoms. The molecule has 0 amide bonds. The van der Waals surface area contributed by atoms with Gasteiger partial charge in [-0.05, 0) is 11.8 Å². The highest BCUT2D eigenvalue weighted by Gasteiger charge is 2.71. The minimum Gasteiger partial charge on any atom is -0.481 e. The number of carbonyl (C=O) groups is 1. The zero-order valence-corrected chi connectivity index (χ0v) is 5.98. The molecule has 0 spiro atoms. The Bertz CT molecular complexity index is 200. The van der Waals surface area contributed by atoms with Crippen molar-refractivity contribution in [2.75, 3.05) is 13.1 Å². The molecule has 0 unspecified atom stereocenters. The van der Waals surface area contributed by atoms with E-state index in [1.165, 1.54) is 0 Å². The SMILES string of the molecule is C[C@@]12CNC[C@]1(C(=O)O)C2. The quantitative estimate of drug-likeness (QED) is 0.543. The Morgan fingerprint density at radius 2 is 2.30 bits per heavy atom. The van der Waals surface area contributed by atoms with Gasteiger partial charge in [-0.3, -0.25) is 4.79 Å². The van der Waals surface area contributed by atoms with Gasteiger partial charge in [-0.2, -0.15) is 0 Å². The van der Waals surface area contributed by atoms with E-state index in [0.29, 0.717) is 6.54 Å². The van der Waals surface area contributed by atoms with Crippen LogP contribution in [0.3, 0.4) is 0 Å². The second-order valence-electron chi connectivity index (χ2n) is 3.73. The van der Waals surface area contributed by atoms with E-state index in [-0.39, 0.29) is 5.41 Å². The highest BCUT2D eigenvalue weighted by Crippen LogP contribution is 2.65. The van der Waals surface area contributed by atoms with Crippen LogP contribution < -0.4 is 5.32 Å². The summed E-state index contributed by atoms with van der Waals surface area (Å²) in [5, 5.41) is 11.9. The van der Waals surface area contributed by atoms with Gasteiger partial charge in [-0.25, -0.2) is 0 Å². The first kappa shape index (κ1) is 6.16. The summed E-state index contributed by atoms with van der Waals surface area (Å²) in [6.07, 6.45) is 0.863. The molecule has 0 bridgehead atoms. The largest absolute Gasteiger partial charge is 0.481 e. The van der Waals surface area contributed by atoms with Crippen molar-refractivity contribution in [1.29, 1.82) is 0 Å². The number of hydrogen-bond donors (Lipinski definition) is 2. The molecular weight excluding hydrogens is 130 g/mol. The van der Waals surface area contributed by atoms with Gasteiger partial charge >= 0.3 is 5.97 Å². The maximum absolute atomic E-state index is 10.7. The van der Waals surface area contributed by atoms with E-state index >= 15 is 0 Å². The van der Waals surface area contributed by atoms with Crippen molar-refractivity contribution in [3.8, 4) is 0 Å². The van der Waals surface area contributed by atoms with E-state index in [2.05, 4.69) is 5.32 Å². The minimum atomic E-state index is -0.625. The van der Waals surface area contributed by atoms with Crippen LogP contribution in [-0.4, -0.2) is 24.2 Å². The number of fused-ring (bicyclic) bond motifs is 1. The molecule has 1 saturated heterocycles. The van der Waals surface area contributed by atoms with Gasteiger partial charge in [-0.15, -0.1) is 0 Å². The normalized spacial score (nSPS) is 50.5. The Labute approximate surface area is 59.4 Å². The van der Waals surface area contributed by atoms with Gasteiger partial charge in [0.2, 0.25) is 0 Å². The van der Waals surface area contributed by atoms with Gasteiger partial charge in [0, 0.05) is 13.1 Å². The predicted octanol–water partition coefficient (Wildman–Crippen LogP) is 0.0706. The topological polar surface area (TPSA) is 49.3 Å². The molecule has 2 aliphatic rings. The van der Waals surface area contributed by atoms with E-state index in [0.717, 1.165) is 13.0 Å². The molecule has 0 aromatic rings. The molecule has 2 N–H and O–H groups in total. The first-order valence-corrected chi connectivity index (χ1v) is 3.55. The highest BCUT2D eigenvalue weighted by atomic mass is 16.4. The Kier molecular flexibility index (Phi) is 0.844. The number of carboxylic acid groups (broad SMARTS) is 1. The second kappa shape index (κ2) is 1.37. The molecule has 2 rings (SSSR count). The van der Waals surface area contributed by atoms with Crippen molar-refractivity contribution in [1.82, 2.24) is 5.32 Å². The van der Waals surface area contributed by atoms with E-state index in [9.17, 15) is 4.79 Å². The molecule has 1 saturated carbocycles. The van der Waals surface area contributed by atoms with Gasteiger partial charge in [0.1, 0.15) is 0 Å². The van der Waals surface area contributed by atoms with Crippen LogP contribution >= 0.6 is 0 Å². The summed E-state index contributed by atoms with van der Waals surface area (Å²) in [7, 11) is 0. The number of nitrogens with one attached hydrogen (secondary N) is 1. The number of rotatable bonds is 1. The lowest BCUT2D eigenvalue weighted by Gasteiger charge is -2.05. The number of carboxylic acids is 1. The van der Waals surface area contributed by atoms with Gasteiger partial charge in [-0.1, -0.05) is 6.92 Å². The molecule has 3 heteroatoms. The third-order valence-electron chi connectivity index (χ3n) is 3.07. The van der Waals surface area contributed by atoms with Crippen LogP contribution in [0.15, 0.2) is 0 Å². The summed E-state index contributed by atoms with van der Waals surface area (Å²) in [5.41, 5.74) is -0.328. The maximum Gasteiger partial charge on any atom is 0.311 e. The predicted molar refractivity (Wildman–Crippen MR) is 35.7 cm³/mol. The second-order valence-corrected chi connectivity index (χ2v) is 3.73. The summed E-state index contributed by atoms with van der Waals surface area (Å²) in [4.78, 5) is 10.7. The van der Waals surface area contributed by atoms with E-state index < -0.39 is 11.4 Å². The van der Waals surface area contributed by atoms with Gasteiger partial charge in [0.15, 0.2) is 0 Å². The van der Waals surface area contributed by atoms with Crippen molar-refractivity contribution < 1.29 is 9.90 Å². The van der Waals surface area contributed by atoms with Crippen molar-refractivity contribution in [2.24, 2.45) is 10.8 Å².